The minimum Gasteiger partial charge on any atom is -0.254 e. The summed E-state index contributed by atoms with van der Waals surface area (Å²) in [7, 11) is 0. The number of aromatic nitrogens is 3. The first-order valence-corrected chi connectivity index (χ1v) is 4.11. The van der Waals surface area contributed by atoms with Crippen LogP contribution in [0.1, 0.15) is 18.3 Å². The van der Waals surface area contributed by atoms with Crippen molar-refractivity contribution in [2.45, 2.75) is 20.3 Å². The number of hydrogen-bond donors (Lipinski definition) is 0. The quantitative estimate of drug-likeness (QED) is 0.636. The third-order valence-electron chi connectivity index (χ3n) is 1.92. The fourth-order valence-electron chi connectivity index (χ4n) is 1.38. The lowest BCUT2D eigenvalue weighted by molar-refractivity contribution is 0.893. The van der Waals surface area contributed by atoms with E-state index in [0.29, 0.717) is 0 Å². The van der Waals surface area contributed by atoms with Crippen molar-refractivity contribution < 1.29 is 0 Å². The fraction of sp³-hybridized carbons (Fsp3) is 0.333. The van der Waals surface area contributed by atoms with Gasteiger partial charge in [-0.2, -0.15) is 5.10 Å². The molecule has 0 saturated heterocycles. The molecule has 2 rings (SSSR count). The molecule has 0 spiro atoms. The van der Waals surface area contributed by atoms with E-state index in [9.17, 15) is 0 Å². The summed E-state index contributed by atoms with van der Waals surface area (Å²) in [6.07, 6.45) is 4.70. The van der Waals surface area contributed by atoms with Crippen LogP contribution in [0, 0.1) is 6.92 Å². The average molecular weight is 161 g/mol. The molecule has 2 aromatic rings. The molecule has 0 aliphatic heterocycles. The van der Waals surface area contributed by atoms with Gasteiger partial charge in [0.05, 0.1) is 29.3 Å². The van der Waals surface area contributed by atoms with Gasteiger partial charge >= 0.3 is 0 Å². The summed E-state index contributed by atoms with van der Waals surface area (Å²) in [5.41, 5.74) is 3.25. The number of fused-ring (bicyclic) bond motifs is 1. The first-order chi connectivity index (χ1) is 5.81. The molecule has 12 heavy (non-hydrogen) atoms. The van der Waals surface area contributed by atoms with Gasteiger partial charge in [-0.25, -0.2) is 4.52 Å². The highest BCUT2D eigenvalue weighted by atomic mass is 15.2. The molecule has 0 N–H and O–H groups in total. The second kappa shape index (κ2) is 2.59. The Morgan fingerprint density at radius 1 is 1.50 bits per heavy atom. The summed E-state index contributed by atoms with van der Waals surface area (Å²) in [4.78, 5) is 4.43. The molecular formula is C9H11N3. The molecular weight excluding hydrogens is 150 g/mol. The number of nitrogens with zero attached hydrogens (tertiary/aromatic N) is 3. The predicted molar refractivity (Wildman–Crippen MR) is 47.1 cm³/mol. The van der Waals surface area contributed by atoms with Gasteiger partial charge in [-0.3, -0.25) is 4.98 Å². The minimum atomic E-state index is 0.955. The summed E-state index contributed by atoms with van der Waals surface area (Å²) in [5, 5.41) is 4.16. The predicted octanol–water partition coefficient (Wildman–Crippen LogP) is 1.60. The highest BCUT2D eigenvalue weighted by molar-refractivity contribution is 5.50. The molecule has 0 saturated carbocycles. The van der Waals surface area contributed by atoms with E-state index in [2.05, 4.69) is 17.0 Å². The maximum atomic E-state index is 4.43. The van der Waals surface area contributed by atoms with Crippen molar-refractivity contribution in [2.75, 3.05) is 0 Å². The van der Waals surface area contributed by atoms with E-state index in [4.69, 9.17) is 0 Å². The van der Waals surface area contributed by atoms with Crippen molar-refractivity contribution in [1.29, 1.82) is 0 Å². The molecule has 3 nitrogen and oxygen atoms in total. The molecule has 0 bridgehead atoms. The van der Waals surface area contributed by atoms with Crippen molar-refractivity contribution >= 4 is 5.52 Å². The van der Waals surface area contributed by atoms with E-state index < -0.39 is 0 Å². The number of hydrogen-bond acceptors (Lipinski definition) is 2. The summed E-state index contributed by atoms with van der Waals surface area (Å²) in [5.74, 6) is 0. The summed E-state index contributed by atoms with van der Waals surface area (Å²) >= 11 is 0. The van der Waals surface area contributed by atoms with Gasteiger partial charge in [0, 0.05) is 0 Å². The second-order valence-electron chi connectivity index (χ2n) is 2.84. The van der Waals surface area contributed by atoms with E-state index in [1.165, 1.54) is 0 Å². The summed E-state index contributed by atoms with van der Waals surface area (Å²) in [6, 6.07) is 1.99. The largest absolute Gasteiger partial charge is 0.254 e. The third kappa shape index (κ3) is 0.978. The van der Waals surface area contributed by atoms with E-state index in [1.807, 2.05) is 23.7 Å². The zero-order valence-electron chi connectivity index (χ0n) is 7.28. The van der Waals surface area contributed by atoms with Crippen LogP contribution in [-0.4, -0.2) is 14.6 Å². The summed E-state index contributed by atoms with van der Waals surface area (Å²) < 4.78 is 1.88. The second-order valence-corrected chi connectivity index (χ2v) is 2.84. The van der Waals surface area contributed by atoms with E-state index in [-0.39, 0.29) is 0 Å². The molecule has 0 aliphatic rings. The third-order valence-corrected chi connectivity index (χ3v) is 1.92. The van der Waals surface area contributed by atoms with Gasteiger partial charge in [0.25, 0.3) is 0 Å². The van der Waals surface area contributed by atoms with Gasteiger partial charge in [-0.1, -0.05) is 6.92 Å². The van der Waals surface area contributed by atoms with Crippen molar-refractivity contribution in [2.24, 2.45) is 0 Å². The van der Waals surface area contributed by atoms with Crippen LogP contribution in [0.15, 0.2) is 18.5 Å². The van der Waals surface area contributed by atoms with Crippen LogP contribution in [0.3, 0.4) is 0 Å². The van der Waals surface area contributed by atoms with Crippen molar-refractivity contribution in [3.8, 4) is 0 Å². The maximum Gasteiger partial charge on any atom is 0.0877 e. The molecule has 0 aromatic carbocycles. The Hall–Kier alpha value is -1.38. The lowest BCUT2D eigenvalue weighted by Crippen LogP contribution is -1.97. The zero-order chi connectivity index (χ0) is 8.55. The monoisotopic (exact) mass is 161 g/mol. The van der Waals surface area contributed by atoms with Gasteiger partial charge in [-0.05, 0) is 19.4 Å². The van der Waals surface area contributed by atoms with Gasteiger partial charge < -0.3 is 0 Å². The molecule has 0 aliphatic carbocycles. The molecule has 62 valence electrons. The first-order valence-electron chi connectivity index (χ1n) is 4.11. The van der Waals surface area contributed by atoms with Gasteiger partial charge in [0.15, 0.2) is 0 Å². The molecule has 0 radical (unpaired) electrons. The number of rotatable bonds is 1. The molecule has 2 heterocycles. The fourth-order valence-corrected chi connectivity index (χ4v) is 1.38. The molecule has 0 amide bonds. The van der Waals surface area contributed by atoms with Crippen LogP contribution in [0.4, 0.5) is 0 Å². The maximum absolute atomic E-state index is 4.43. The normalized spacial score (nSPS) is 10.8. The SMILES string of the molecule is CCc1nc(C)cn2nccc12. The van der Waals surface area contributed by atoms with E-state index in [0.717, 1.165) is 23.3 Å². The van der Waals surface area contributed by atoms with Crippen LogP contribution >= 0.6 is 0 Å². The van der Waals surface area contributed by atoms with Crippen molar-refractivity contribution in [1.82, 2.24) is 14.6 Å². The van der Waals surface area contributed by atoms with Gasteiger partial charge in [0.1, 0.15) is 0 Å². The number of aryl methyl sites for hydroxylation is 2. The van der Waals surface area contributed by atoms with E-state index >= 15 is 0 Å². The van der Waals surface area contributed by atoms with Gasteiger partial charge in [0.2, 0.25) is 0 Å². The smallest absolute Gasteiger partial charge is 0.0877 e. The van der Waals surface area contributed by atoms with Crippen LogP contribution in [-0.2, 0) is 6.42 Å². The lowest BCUT2D eigenvalue weighted by Gasteiger charge is -2.01. The highest BCUT2D eigenvalue weighted by Gasteiger charge is 2.01. The molecule has 0 atom stereocenters. The standard InChI is InChI=1S/C9H11N3/c1-3-8-9-4-5-10-12(9)6-7(2)11-8/h4-6H,3H2,1-2H3. The highest BCUT2D eigenvalue weighted by Crippen LogP contribution is 2.08. The molecule has 0 unspecified atom stereocenters. The van der Waals surface area contributed by atoms with Crippen LogP contribution in [0.2, 0.25) is 0 Å². The Morgan fingerprint density at radius 2 is 2.33 bits per heavy atom. The van der Waals surface area contributed by atoms with Crippen LogP contribution < -0.4 is 0 Å². The molecule has 0 fully saturated rings. The van der Waals surface area contributed by atoms with E-state index in [1.54, 1.807) is 6.20 Å². The zero-order valence-corrected chi connectivity index (χ0v) is 7.28. The molecule has 3 heteroatoms. The Balaban J connectivity index is 2.80. The average Bonchev–Trinajstić information content (AvgIpc) is 2.50. The first kappa shape index (κ1) is 7.28. The van der Waals surface area contributed by atoms with Crippen LogP contribution in [0.5, 0.6) is 0 Å². The Labute approximate surface area is 71.1 Å². The Kier molecular flexibility index (Phi) is 1.57. The topological polar surface area (TPSA) is 30.2 Å². The Bertz CT molecular complexity index is 403. The van der Waals surface area contributed by atoms with Crippen molar-refractivity contribution in [3.63, 3.8) is 0 Å². The van der Waals surface area contributed by atoms with Crippen molar-refractivity contribution in [3.05, 3.63) is 29.8 Å². The minimum absolute atomic E-state index is 0.955. The molecule has 2 aromatic heterocycles. The van der Waals surface area contributed by atoms with Gasteiger partial charge in [-0.15, -0.1) is 0 Å². The van der Waals surface area contributed by atoms with Crippen LogP contribution in [0.25, 0.3) is 5.52 Å². The Morgan fingerprint density at radius 3 is 3.08 bits per heavy atom. The summed E-state index contributed by atoms with van der Waals surface area (Å²) in [6.45, 7) is 4.09. The lowest BCUT2D eigenvalue weighted by atomic mass is 10.3.